The molecule has 0 aliphatic rings. The van der Waals surface area contributed by atoms with Crippen molar-refractivity contribution in [3.05, 3.63) is 48.6 Å². The van der Waals surface area contributed by atoms with Crippen molar-refractivity contribution in [1.82, 2.24) is 5.32 Å². The number of quaternary nitrogens is 1. The third-order valence-electron chi connectivity index (χ3n) is 13.0. The first-order valence-corrected chi connectivity index (χ1v) is 30.5. The van der Waals surface area contributed by atoms with Crippen LogP contribution in [0.2, 0.25) is 0 Å². The minimum Gasteiger partial charge on any atom is -0.756 e. The number of hydrogen-bond acceptors (Lipinski definition) is 6. The van der Waals surface area contributed by atoms with Gasteiger partial charge in [0, 0.05) is 6.42 Å². The molecule has 68 heavy (non-hydrogen) atoms. The van der Waals surface area contributed by atoms with Crippen molar-refractivity contribution in [3.63, 3.8) is 0 Å². The Labute approximate surface area is 422 Å². The van der Waals surface area contributed by atoms with Crippen LogP contribution in [0.25, 0.3) is 0 Å². The quantitative estimate of drug-likeness (QED) is 0.0272. The van der Waals surface area contributed by atoms with Crippen LogP contribution in [0.15, 0.2) is 48.6 Å². The van der Waals surface area contributed by atoms with E-state index in [0.717, 1.165) is 44.9 Å². The van der Waals surface area contributed by atoms with E-state index in [2.05, 4.69) is 55.6 Å². The summed E-state index contributed by atoms with van der Waals surface area (Å²) in [5.41, 5.74) is 0. The average molecular weight is 978 g/mol. The molecule has 2 N–H and O–H groups in total. The van der Waals surface area contributed by atoms with Crippen molar-refractivity contribution in [2.75, 3.05) is 40.9 Å². The van der Waals surface area contributed by atoms with E-state index in [9.17, 15) is 19.4 Å². The van der Waals surface area contributed by atoms with Gasteiger partial charge in [0.1, 0.15) is 13.2 Å². The summed E-state index contributed by atoms with van der Waals surface area (Å²) in [6, 6.07) is -0.902. The van der Waals surface area contributed by atoms with Crippen LogP contribution in [-0.2, 0) is 18.4 Å². The molecule has 3 unspecified atom stereocenters. The molecule has 0 saturated carbocycles. The fourth-order valence-corrected chi connectivity index (χ4v) is 9.16. The molecule has 0 aromatic rings. The highest BCUT2D eigenvalue weighted by molar-refractivity contribution is 7.45. The number of nitrogens with zero attached hydrogens (tertiary/aromatic N) is 1. The number of rotatable bonds is 53. The normalized spacial score (nSPS) is 14.3. The van der Waals surface area contributed by atoms with Crippen LogP contribution in [0.1, 0.15) is 271 Å². The van der Waals surface area contributed by atoms with Crippen LogP contribution in [0, 0.1) is 0 Å². The Balaban J connectivity index is 3.95. The summed E-state index contributed by atoms with van der Waals surface area (Å²) in [5, 5.41) is 13.8. The molecule has 0 rings (SSSR count). The summed E-state index contributed by atoms with van der Waals surface area (Å²) in [5.74, 6) is -0.207. The number of likely N-dealkylation sites (N-methyl/N-ethyl adjacent to an activating group) is 1. The highest BCUT2D eigenvalue weighted by atomic mass is 31.2. The number of carbonyl (C=O) groups excluding carboxylic acids is 1. The van der Waals surface area contributed by atoms with Gasteiger partial charge >= 0.3 is 0 Å². The van der Waals surface area contributed by atoms with Gasteiger partial charge in [-0.25, -0.2) is 0 Å². The molecule has 0 radical (unpaired) electrons. The zero-order valence-corrected chi connectivity index (χ0v) is 46.5. The number of carbonyl (C=O) groups is 1. The van der Waals surface area contributed by atoms with E-state index in [-0.39, 0.29) is 12.5 Å². The molecule has 8 nitrogen and oxygen atoms in total. The lowest BCUT2D eigenvalue weighted by Gasteiger charge is -2.29. The number of unbranched alkanes of at least 4 members (excludes halogenated alkanes) is 34. The lowest BCUT2D eigenvalue weighted by atomic mass is 10.0. The SMILES string of the molecule is CCCCCCC/C=C/CC/C=C/C(O)C(COP(=O)([O-])OCC[N+](C)(C)C)NC(=O)CCCCCCCCCCCCCCCCCCC/C=C\C/C=C\CCCCCCCCCCCCC. The molecule has 0 bridgehead atoms. The summed E-state index contributed by atoms with van der Waals surface area (Å²) < 4.78 is 23.2. The van der Waals surface area contributed by atoms with Crippen molar-refractivity contribution < 1.29 is 32.9 Å². The van der Waals surface area contributed by atoms with Crippen molar-refractivity contribution in [2.24, 2.45) is 0 Å². The van der Waals surface area contributed by atoms with Gasteiger partial charge in [0.05, 0.1) is 39.9 Å². The number of phosphoric acid groups is 1. The van der Waals surface area contributed by atoms with Crippen LogP contribution in [0.4, 0.5) is 0 Å². The molecular formula is C59H113N2O6P. The molecule has 0 fully saturated rings. The maximum absolute atomic E-state index is 12.9. The topological polar surface area (TPSA) is 108 Å². The standard InChI is InChI=1S/C59H113N2O6P/c1-6-8-10-12-14-16-18-19-20-21-22-23-24-25-26-27-28-29-30-31-32-33-34-35-36-37-38-39-40-41-43-45-47-49-51-53-59(63)60-57(56-67-68(64,65)66-55-54-61(3,4)5)58(62)52-50-48-46-44-42-17-15-13-11-9-7-2/h24-25,27-28,42,44,50,52,57-58,62H,6-23,26,29-41,43,45-49,51,53-56H2,1-5H3,(H-,60,63,64,65)/b25-24-,28-27-,44-42+,52-50+. The predicted octanol–water partition coefficient (Wildman–Crippen LogP) is 16.9. The van der Waals surface area contributed by atoms with E-state index in [4.69, 9.17) is 9.05 Å². The third kappa shape index (κ3) is 52.3. The van der Waals surface area contributed by atoms with Gasteiger partial charge in [-0.15, -0.1) is 0 Å². The lowest BCUT2D eigenvalue weighted by molar-refractivity contribution is -0.870. The van der Waals surface area contributed by atoms with Crippen molar-refractivity contribution in [1.29, 1.82) is 0 Å². The molecule has 0 aliphatic carbocycles. The first kappa shape index (κ1) is 66.5. The zero-order chi connectivity index (χ0) is 49.9. The first-order valence-electron chi connectivity index (χ1n) is 29.0. The predicted molar refractivity (Wildman–Crippen MR) is 293 cm³/mol. The largest absolute Gasteiger partial charge is 0.756 e. The summed E-state index contributed by atoms with van der Waals surface area (Å²) in [6.07, 6.45) is 66.5. The van der Waals surface area contributed by atoms with Gasteiger partial charge < -0.3 is 28.8 Å². The molecule has 400 valence electrons. The van der Waals surface area contributed by atoms with E-state index in [1.54, 1.807) is 6.08 Å². The Bertz CT molecular complexity index is 1250. The highest BCUT2D eigenvalue weighted by Gasteiger charge is 2.23. The van der Waals surface area contributed by atoms with E-state index in [0.29, 0.717) is 17.4 Å². The Morgan fingerprint density at radius 2 is 0.868 bits per heavy atom. The number of hydrogen-bond donors (Lipinski definition) is 2. The number of allylic oxidation sites excluding steroid dienone is 7. The highest BCUT2D eigenvalue weighted by Crippen LogP contribution is 2.38. The molecule has 0 aliphatic heterocycles. The molecule has 0 heterocycles. The second-order valence-electron chi connectivity index (χ2n) is 21.0. The molecular weight excluding hydrogens is 864 g/mol. The Morgan fingerprint density at radius 1 is 0.515 bits per heavy atom. The fourth-order valence-electron chi connectivity index (χ4n) is 8.44. The number of aliphatic hydroxyl groups excluding tert-OH is 1. The summed E-state index contributed by atoms with van der Waals surface area (Å²) in [6.45, 7) is 4.61. The molecule has 0 spiro atoms. The number of aliphatic hydroxyl groups is 1. The number of nitrogens with one attached hydrogen (secondary N) is 1. The summed E-state index contributed by atoms with van der Waals surface area (Å²) >= 11 is 0. The van der Waals surface area contributed by atoms with E-state index >= 15 is 0 Å². The van der Waals surface area contributed by atoms with Gasteiger partial charge in [-0.05, 0) is 64.2 Å². The average Bonchev–Trinajstić information content (AvgIpc) is 3.30. The van der Waals surface area contributed by atoms with Crippen LogP contribution in [0.3, 0.4) is 0 Å². The van der Waals surface area contributed by atoms with Crippen LogP contribution >= 0.6 is 7.82 Å². The number of amides is 1. The van der Waals surface area contributed by atoms with Gasteiger partial charge in [0.25, 0.3) is 7.82 Å². The minimum absolute atomic E-state index is 0.00644. The van der Waals surface area contributed by atoms with Crippen LogP contribution in [0.5, 0.6) is 0 Å². The smallest absolute Gasteiger partial charge is 0.268 e. The van der Waals surface area contributed by atoms with Crippen molar-refractivity contribution >= 4 is 13.7 Å². The van der Waals surface area contributed by atoms with Crippen LogP contribution < -0.4 is 10.2 Å². The Kier molecular flexibility index (Phi) is 49.3. The van der Waals surface area contributed by atoms with Crippen LogP contribution in [-0.4, -0.2) is 68.5 Å². The molecule has 0 aromatic heterocycles. The monoisotopic (exact) mass is 977 g/mol. The zero-order valence-electron chi connectivity index (χ0n) is 45.6. The van der Waals surface area contributed by atoms with E-state index < -0.39 is 26.6 Å². The maximum Gasteiger partial charge on any atom is 0.268 e. The molecule has 3 atom stereocenters. The summed E-state index contributed by atoms with van der Waals surface area (Å²) in [7, 11) is 1.25. The van der Waals surface area contributed by atoms with Crippen molar-refractivity contribution in [2.45, 2.75) is 283 Å². The molecule has 1 amide bonds. The molecule has 9 heteroatoms. The maximum atomic E-state index is 12.9. The Morgan fingerprint density at radius 3 is 1.28 bits per heavy atom. The lowest BCUT2D eigenvalue weighted by Crippen LogP contribution is -2.45. The van der Waals surface area contributed by atoms with Gasteiger partial charge in [-0.3, -0.25) is 9.36 Å². The number of phosphoric ester groups is 1. The summed E-state index contributed by atoms with van der Waals surface area (Å²) in [4.78, 5) is 25.4. The van der Waals surface area contributed by atoms with E-state index in [1.165, 1.54) is 205 Å². The molecule has 0 aromatic carbocycles. The second-order valence-corrected chi connectivity index (χ2v) is 22.4. The second kappa shape index (κ2) is 50.4. The fraction of sp³-hybridized carbons (Fsp3) is 0.847. The van der Waals surface area contributed by atoms with Gasteiger partial charge in [-0.2, -0.15) is 0 Å². The molecule has 0 saturated heterocycles. The minimum atomic E-state index is -4.60. The Hall–Kier alpha value is -1.54. The van der Waals surface area contributed by atoms with Gasteiger partial charge in [0.2, 0.25) is 5.91 Å². The first-order chi connectivity index (χ1) is 33.0. The van der Waals surface area contributed by atoms with Gasteiger partial charge in [0.15, 0.2) is 0 Å². The third-order valence-corrected chi connectivity index (χ3v) is 14.0. The van der Waals surface area contributed by atoms with Gasteiger partial charge in [-0.1, -0.05) is 249 Å². The van der Waals surface area contributed by atoms with E-state index in [1.807, 2.05) is 27.2 Å². The van der Waals surface area contributed by atoms with Crippen molar-refractivity contribution in [3.8, 4) is 0 Å².